The Labute approximate surface area is 175 Å². The maximum Gasteiger partial charge on any atom is 0.232 e. The number of nitrogens with zero attached hydrogens (tertiary/aromatic N) is 2. The van der Waals surface area contributed by atoms with Crippen molar-refractivity contribution in [2.45, 2.75) is 12.8 Å². The van der Waals surface area contributed by atoms with Crippen molar-refractivity contribution < 1.29 is 19.2 Å². The second kappa shape index (κ2) is 10.2. The molecule has 0 aliphatic carbocycles. The summed E-state index contributed by atoms with van der Waals surface area (Å²) in [4.78, 5) is 20.9. The Balaban J connectivity index is 1.71. The van der Waals surface area contributed by atoms with E-state index in [2.05, 4.69) is 14.1 Å². The maximum atomic E-state index is 13.0. The number of benzene rings is 2. The lowest BCUT2D eigenvalue weighted by Gasteiger charge is -2.20. The summed E-state index contributed by atoms with van der Waals surface area (Å²) in [5.41, 5.74) is 0.848. The van der Waals surface area contributed by atoms with Gasteiger partial charge in [-0.15, -0.1) is 0 Å². The van der Waals surface area contributed by atoms with Crippen molar-refractivity contribution in [2.75, 3.05) is 45.8 Å². The molecule has 3 rings (SSSR count). The molecule has 0 aliphatic rings. The summed E-state index contributed by atoms with van der Waals surface area (Å²) in [6, 6.07) is 15.4. The monoisotopic (exact) mass is 414 g/mol. The molecule has 0 aliphatic heterocycles. The van der Waals surface area contributed by atoms with Gasteiger partial charge in [-0.2, -0.15) is 0 Å². The lowest BCUT2D eigenvalue weighted by Crippen LogP contribution is -3.05. The number of fused-ring (bicyclic) bond motifs is 1. The Hall–Kier alpha value is -2.64. The molecule has 1 heterocycles. The molecule has 0 radical (unpaired) electrons. The third kappa shape index (κ3) is 5.92. The fraction of sp³-hybridized carbons (Fsp3) is 0.364. The van der Waals surface area contributed by atoms with Crippen molar-refractivity contribution in [1.82, 2.24) is 4.98 Å². The number of methoxy groups -OCH3 is 1. The number of anilines is 1. The summed E-state index contributed by atoms with van der Waals surface area (Å²) in [6.45, 7) is 1.98. The predicted octanol–water partition coefficient (Wildman–Crippen LogP) is 2.64. The largest absolute Gasteiger partial charge is 0.497 e. The summed E-state index contributed by atoms with van der Waals surface area (Å²) in [6.07, 6.45) is 1.22. The molecule has 0 atom stereocenters. The van der Waals surface area contributed by atoms with Gasteiger partial charge in [-0.25, -0.2) is 4.98 Å². The molecular weight excluding hydrogens is 386 g/mol. The van der Waals surface area contributed by atoms with Gasteiger partial charge in [0.2, 0.25) is 5.91 Å². The van der Waals surface area contributed by atoms with E-state index in [0.29, 0.717) is 19.6 Å². The fourth-order valence-corrected chi connectivity index (χ4v) is 3.95. The summed E-state index contributed by atoms with van der Waals surface area (Å²) in [7, 11) is 5.87. The molecule has 0 fully saturated rings. The number of hydrogen-bond donors (Lipinski definition) is 1. The first-order valence-electron chi connectivity index (χ1n) is 9.78. The average molecular weight is 415 g/mol. The number of rotatable bonds is 10. The molecule has 0 saturated heterocycles. The van der Waals surface area contributed by atoms with Crippen LogP contribution in [0.25, 0.3) is 10.2 Å². The lowest BCUT2D eigenvalue weighted by atomic mass is 10.3. The van der Waals surface area contributed by atoms with E-state index in [9.17, 15) is 4.79 Å². The molecule has 0 unspecified atom stereocenters. The van der Waals surface area contributed by atoms with Crippen molar-refractivity contribution in [1.29, 1.82) is 0 Å². The highest BCUT2D eigenvalue weighted by atomic mass is 32.1. The third-order valence-corrected chi connectivity index (χ3v) is 5.56. The Morgan fingerprint density at radius 1 is 1.14 bits per heavy atom. The standard InChI is InChI=1S/C22H27N3O3S/c1-24(2)13-7-14-25(21(26)12-15-28-17-8-5-4-6-9-17)22-23-19-16-18(27-3)10-11-20(19)29-22/h4-6,8-11,16H,7,12-15H2,1-3H3/p+1. The highest BCUT2D eigenvalue weighted by Crippen LogP contribution is 2.31. The van der Waals surface area contributed by atoms with E-state index >= 15 is 0 Å². The van der Waals surface area contributed by atoms with E-state index in [1.807, 2.05) is 48.5 Å². The van der Waals surface area contributed by atoms with Crippen molar-refractivity contribution in [2.24, 2.45) is 0 Å². The second-order valence-corrected chi connectivity index (χ2v) is 8.11. The maximum absolute atomic E-state index is 13.0. The second-order valence-electron chi connectivity index (χ2n) is 7.10. The summed E-state index contributed by atoms with van der Waals surface area (Å²) < 4.78 is 12.0. The Bertz CT molecular complexity index is 927. The van der Waals surface area contributed by atoms with Gasteiger partial charge in [-0.3, -0.25) is 9.69 Å². The molecule has 1 aromatic heterocycles. The number of amides is 1. The zero-order valence-electron chi connectivity index (χ0n) is 17.2. The van der Waals surface area contributed by atoms with Crippen molar-refractivity contribution in [3.05, 3.63) is 48.5 Å². The summed E-state index contributed by atoms with van der Waals surface area (Å²) in [5.74, 6) is 1.57. The van der Waals surface area contributed by atoms with Gasteiger partial charge >= 0.3 is 0 Å². The first-order valence-corrected chi connectivity index (χ1v) is 10.6. The minimum Gasteiger partial charge on any atom is -0.497 e. The lowest BCUT2D eigenvalue weighted by molar-refractivity contribution is -0.858. The van der Waals surface area contributed by atoms with Gasteiger partial charge in [0.1, 0.15) is 11.5 Å². The topological polar surface area (TPSA) is 56.1 Å². The smallest absolute Gasteiger partial charge is 0.232 e. The molecule has 0 spiro atoms. The van der Waals surface area contributed by atoms with Crippen LogP contribution in [0.2, 0.25) is 0 Å². The van der Waals surface area contributed by atoms with Gasteiger partial charge in [0.05, 0.1) is 51.0 Å². The zero-order valence-corrected chi connectivity index (χ0v) is 18.0. The van der Waals surface area contributed by atoms with Gasteiger partial charge in [-0.05, 0) is 24.3 Å². The molecule has 154 valence electrons. The summed E-state index contributed by atoms with van der Waals surface area (Å²) in [5, 5.41) is 0.728. The minimum atomic E-state index is 0.0284. The average Bonchev–Trinajstić information content (AvgIpc) is 3.14. The van der Waals surface area contributed by atoms with E-state index in [4.69, 9.17) is 14.5 Å². The van der Waals surface area contributed by atoms with Crippen LogP contribution in [-0.4, -0.2) is 51.8 Å². The minimum absolute atomic E-state index is 0.0284. The van der Waals surface area contributed by atoms with Gasteiger partial charge in [0.25, 0.3) is 0 Å². The van der Waals surface area contributed by atoms with E-state index in [1.165, 1.54) is 16.2 Å². The van der Waals surface area contributed by atoms with Crippen LogP contribution in [0.15, 0.2) is 48.5 Å². The van der Waals surface area contributed by atoms with Gasteiger partial charge in [0, 0.05) is 19.0 Å². The third-order valence-electron chi connectivity index (χ3n) is 4.50. The number of ether oxygens (including phenoxy) is 2. The van der Waals surface area contributed by atoms with Gasteiger partial charge < -0.3 is 14.4 Å². The van der Waals surface area contributed by atoms with Crippen LogP contribution >= 0.6 is 11.3 Å². The molecule has 6 nitrogen and oxygen atoms in total. The van der Waals surface area contributed by atoms with Gasteiger partial charge in [-0.1, -0.05) is 29.5 Å². The van der Waals surface area contributed by atoms with Crippen LogP contribution < -0.4 is 19.3 Å². The number of hydrogen-bond acceptors (Lipinski definition) is 5. The van der Waals surface area contributed by atoms with E-state index in [-0.39, 0.29) is 5.91 Å². The van der Waals surface area contributed by atoms with Crippen molar-refractivity contribution in [3.63, 3.8) is 0 Å². The Morgan fingerprint density at radius 2 is 1.93 bits per heavy atom. The number of quaternary nitrogens is 1. The van der Waals surface area contributed by atoms with Crippen molar-refractivity contribution in [3.8, 4) is 11.5 Å². The fourth-order valence-electron chi connectivity index (χ4n) is 2.96. The van der Waals surface area contributed by atoms with Crippen LogP contribution in [0, 0.1) is 0 Å². The molecule has 1 amide bonds. The highest BCUT2D eigenvalue weighted by molar-refractivity contribution is 7.22. The number of para-hydroxylation sites is 1. The predicted molar refractivity (Wildman–Crippen MR) is 117 cm³/mol. The van der Waals surface area contributed by atoms with Gasteiger partial charge in [0.15, 0.2) is 5.13 Å². The first kappa shape index (κ1) is 21.1. The number of carbonyl (C=O) groups is 1. The van der Waals surface area contributed by atoms with E-state index in [1.54, 1.807) is 12.0 Å². The number of thiazole rings is 1. The molecule has 3 aromatic rings. The van der Waals surface area contributed by atoms with Crippen LogP contribution in [0.1, 0.15) is 12.8 Å². The molecule has 0 bridgehead atoms. The number of carbonyl (C=O) groups excluding carboxylic acids is 1. The zero-order chi connectivity index (χ0) is 20.6. The normalized spacial score (nSPS) is 11.0. The molecule has 7 heteroatoms. The number of nitrogens with one attached hydrogen (secondary N) is 1. The molecule has 1 N–H and O–H groups in total. The Morgan fingerprint density at radius 3 is 2.66 bits per heavy atom. The molecule has 29 heavy (non-hydrogen) atoms. The Kier molecular flexibility index (Phi) is 7.43. The van der Waals surface area contributed by atoms with Crippen LogP contribution in [0.3, 0.4) is 0 Å². The van der Waals surface area contributed by atoms with Crippen LogP contribution in [-0.2, 0) is 4.79 Å². The van der Waals surface area contributed by atoms with E-state index < -0.39 is 0 Å². The SMILES string of the molecule is COc1ccc2sc(N(CCC[NH+](C)C)C(=O)CCOc3ccccc3)nc2c1. The number of aromatic nitrogens is 1. The summed E-state index contributed by atoms with van der Waals surface area (Å²) >= 11 is 1.53. The highest BCUT2D eigenvalue weighted by Gasteiger charge is 2.20. The van der Waals surface area contributed by atoms with Crippen molar-refractivity contribution >= 4 is 32.6 Å². The molecule has 0 saturated carbocycles. The quantitative estimate of drug-likeness (QED) is 0.554. The van der Waals surface area contributed by atoms with Crippen LogP contribution in [0.4, 0.5) is 5.13 Å². The van der Waals surface area contributed by atoms with Crippen LogP contribution in [0.5, 0.6) is 11.5 Å². The van der Waals surface area contributed by atoms with E-state index in [0.717, 1.165) is 39.8 Å². The molecular formula is C22H28N3O3S+. The molecule has 2 aromatic carbocycles. The first-order chi connectivity index (χ1) is 14.1.